The smallest absolute Gasteiger partial charge is 0.312 e. The van der Waals surface area contributed by atoms with Crippen LogP contribution in [-0.2, 0) is 16.1 Å². The van der Waals surface area contributed by atoms with Gasteiger partial charge in [-0.25, -0.2) is 4.98 Å². The minimum atomic E-state index is -0.343. The summed E-state index contributed by atoms with van der Waals surface area (Å²) in [6.45, 7) is 0.258. The van der Waals surface area contributed by atoms with E-state index in [-0.39, 0.29) is 22.9 Å². The van der Waals surface area contributed by atoms with E-state index >= 15 is 0 Å². The van der Waals surface area contributed by atoms with Gasteiger partial charge in [-0.3, -0.25) is 4.79 Å². The lowest BCUT2D eigenvalue weighted by atomic mass is 9.49. The number of esters is 1. The molecular formula is C21H22ClNO2S. The van der Waals surface area contributed by atoms with Crippen molar-refractivity contribution in [2.24, 2.45) is 17.3 Å². The van der Waals surface area contributed by atoms with Crippen molar-refractivity contribution in [2.45, 2.75) is 50.0 Å². The number of nitrogens with zero attached hydrogens (tertiary/aromatic N) is 1. The van der Waals surface area contributed by atoms with Crippen LogP contribution in [0.5, 0.6) is 0 Å². The zero-order valence-electron chi connectivity index (χ0n) is 14.6. The van der Waals surface area contributed by atoms with Gasteiger partial charge in [0.25, 0.3) is 0 Å². The fraction of sp³-hybridized carbons (Fsp3) is 0.524. The molecule has 4 saturated carbocycles. The average Bonchev–Trinajstić information content (AvgIpc) is 3.07. The molecule has 3 nitrogen and oxygen atoms in total. The van der Waals surface area contributed by atoms with Crippen molar-refractivity contribution in [1.82, 2.24) is 4.98 Å². The number of halogens is 1. The van der Waals surface area contributed by atoms with E-state index in [0.717, 1.165) is 48.4 Å². The second kappa shape index (κ2) is 6.07. The van der Waals surface area contributed by atoms with Gasteiger partial charge >= 0.3 is 5.97 Å². The van der Waals surface area contributed by atoms with Gasteiger partial charge in [-0.1, -0.05) is 30.3 Å². The number of hydrogen-bond acceptors (Lipinski definition) is 4. The summed E-state index contributed by atoms with van der Waals surface area (Å²) in [5.74, 6) is 1.15. The summed E-state index contributed by atoms with van der Waals surface area (Å²) in [6.07, 6.45) is 6.11. The number of ether oxygens (including phenoxy) is 1. The molecule has 0 radical (unpaired) electrons. The summed E-state index contributed by atoms with van der Waals surface area (Å²) < 4.78 is 5.75. The number of rotatable bonds is 4. The van der Waals surface area contributed by atoms with E-state index in [1.54, 1.807) is 11.3 Å². The van der Waals surface area contributed by atoms with Crippen molar-refractivity contribution < 1.29 is 9.53 Å². The van der Waals surface area contributed by atoms with Gasteiger partial charge in [-0.2, -0.15) is 0 Å². The fourth-order valence-corrected chi connectivity index (χ4v) is 7.27. The molecule has 4 aliphatic carbocycles. The molecule has 136 valence electrons. The number of hydrogen-bond donors (Lipinski definition) is 0. The monoisotopic (exact) mass is 387 g/mol. The van der Waals surface area contributed by atoms with Crippen molar-refractivity contribution in [3.63, 3.8) is 0 Å². The zero-order valence-corrected chi connectivity index (χ0v) is 16.2. The molecule has 0 aliphatic heterocycles. The number of carbonyl (C=O) groups is 1. The number of thiazole rings is 1. The Morgan fingerprint density at radius 3 is 2.62 bits per heavy atom. The molecule has 0 saturated heterocycles. The van der Waals surface area contributed by atoms with Gasteiger partial charge in [0.15, 0.2) is 0 Å². The summed E-state index contributed by atoms with van der Waals surface area (Å²) >= 11 is 8.42. The molecule has 26 heavy (non-hydrogen) atoms. The van der Waals surface area contributed by atoms with E-state index < -0.39 is 0 Å². The van der Waals surface area contributed by atoms with E-state index in [0.29, 0.717) is 11.8 Å². The highest BCUT2D eigenvalue weighted by atomic mass is 35.5. The molecule has 1 aromatic heterocycles. The molecule has 4 aliphatic rings. The normalized spacial score (nSPS) is 34.8. The second-order valence-electron chi connectivity index (χ2n) is 8.48. The van der Waals surface area contributed by atoms with E-state index in [4.69, 9.17) is 16.3 Å². The third-order valence-electron chi connectivity index (χ3n) is 6.35. The molecule has 0 N–H and O–H groups in total. The maximum Gasteiger partial charge on any atom is 0.312 e. The lowest BCUT2D eigenvalue weighted by Gasteiger charge is -2.58. The third-order valence-corrected chi connectivity index (χ3v) is 7.73. The van der Waals surface area contributed by atoms with Crippen LogP contribution < -0.4 is 0 Å². The van der Waals surface area contributed by atoms with Gasteiger partial charge in [0.2, 0.25) is 0 Å². The predicted molar refractivity (Wildman–Crippen MR) is 103 cm³/mol. The van der Waals surface area contributed by atoms with Crippen LogP contribution in [0.15, 0.2) is 35.7 Å². The topological polar surface area (TPSA) is 39.2 Å². The highest BCUT2D eigenvalue weighted by Gasteiger charge is 2.60. The van der Waals surface area contributed by atoms with Crippen LogP contribution >= 0.6 is 22.9 Å². The third kappa shape index (κ3) is 2.87. The molecule has 1 heterocycles. The minimum absolute atomic E-state index is 0.0501. The first-order valence-electron chi connectivity index (χ1n) is 9.40. The molecular weight excluding hydrogens is 366 g/mol. The van der Waals surface area contributed by atoms with Crippen molar-refractivity contribution in [1.29, 1.82) is 0 Å². The van der Waals surface area contributed by atoms with E-state index in [2.05, 4.69) is 4.98 Å². The molecule has 4 bridgehead atoms. The highest BCUT2D eigenvalue weighted by molar-refractivity contribution is 7.13. The highest BCUT2D eigenvalue weighted by Crippen LogP contribution is 2.64. The number of alkyl halides is 1. The van der Waals surface area contributed by atoms with Crippen molar-refractivity contribution in [2.75, 3.05) is 0 Å². The molecule has 4 fully saturated rings. The van der Waals surface area contributed by atoms with Crippen molar-refractivity contribution >= 4 is 28.9 Å². The maximum absolute atomic E-state index is 13.0. The van der Waals surface area contributed by atoms with Crippen LogP contribution in [0.3, 0.4) is 0 Å². The van der Waals surface area contributed by atoms with Gasteiger partial charge in [0.05, 0.1) is 11.1 Å². The Hall–Kier alpha value is -1.39. The largest absolute Gasteiger partial charge is 0.459 e. The van der Waals surface area contributed by atoms with E-state index in [9.17, 15) is 4.79 Å². The lowest BCUT2D eigenvalue weighted by molar-refractivity contribution is -0.171. The molecule has 6 rings (SSSR count). The van der Waals surface area contributed by atoms with Crippen LogP contribution in [0.4, 0.5) is 0 Å². The van der Waals surface area contributed by atoms with E-state index in [1.807, 2.05) is 35.7 Å². The molecule has 4 atom stereocenters. The van der Waals surface area contributed by atoms with Gasteiger partial charge in [-0.15, -0.1) is 22.9 Å². The first-order valence-corrected chi connectivity index (χ1v) is 10.7. The summed E-state index contributed by atoms with van der Waals surface area (Å²) in [5.41, 5.74) is 1.58. The summed E-state index contributed by atoms with van der Waals surface area (Å²) in [4.78, 5) is 17.4. The first-order chi connectivity index (χ1) is 12.5. The number of benzene rings is 1. The Balaban J connectivity index is 1.28. The molecule has 0 amide bonds. The van der Waals surface area contributed by atoms with E-state index in [1.165, 1.54) is 6.42 Å². The van der Waals surface area contributed by atoms with Crippen LogP contribution in [0, 0.1) is 17.3 Å². The minimum Gasteiger partial charge on any atom is -0.459 e. The SMILES string of the molecule is O=C(OCc1csc(-c2ccccc2)n1)C12C[C@@H]3C[C@@H](CC(Cl)(C3)C1)C2. The summed E-state index contributed by atoms with van der Waals surface area (Å²) in [7, 11) is 0. The maximum atomic E-state index is 13.0. The Morgan fingerprint density at radius 2 is 1.92 bits per heavy atom. The predicted octanol–water partition coefficient (Wildman–Crippen LogP) is 5.43. The molecule has 2 unspecified atom stereocenters. The Labute approximate surface area is 162 Å². The summed E-state index contributed by atoms with van der Waals surface area (Å²) in [5, 5.41) is 2.95. The molecule has 5 heteroatoms. The van der Waals surface area contributed by atoms with Crippen LogP contribution in [0.25, 0.3) is 10.6 Å². The Bertz CT molecular complexity index is 820. The molecule has 2 aromatic rings. The lowest BCUT2D eigenvalue weighted by Crippen LogP contribution is -2.56. The molecule has 1 aromatic carbocycles. The van der Waals surface area contributed by atoms with Crippen molar-refractivity contribution in [3.05, 3.63) is 41.4 Å². The Morgan fingerprint density at radius 1 is 1.19 bits per heavy atom. The van der Waals surface area contributed by atoms with Gasteiger partial charge in [-0.05, 0) is 50.4 Å². The summed E-state index contributed by atoms with van der Waals surface area (Å²) in [6, 6.07) is 10.1. The first kappa shape index (κ1) is 16.8. The van der Waals surface area contributed by atoms with Crippen LogP contribution in [0.1, 0.15) is 44.2 Å². The quantitative estimate of drug-likeness (QED) is 0.518. The standard InChI is InChI=1S/C21H22ClNO2S/c22-21-9-14-6-15(10-21)8-20(7-14,13-21)19(24)25-11-17-12-26-18(23-17)16-4-2-1-3-5-16/h1-5,12,14-15H,6-11,13H2/t14-,15+,20?,21?. The van der Waals surface area contributed by atoms with Gasteiger partial charge in [0, 0.05) is 15.8 Å². The Kier molecular flexibility index (Phi) is 3.91. The van der Waals surface area contributed by atoms with Crippen LogP contribution in [-0.4, -0.2) is 15.8 Å². The second-order valence-corrected chi connectivity index (χ2v) is 10.1. The van der Waals surface area contributed by atoms with Gasteiger partial charge < -0.3 is 4.74 Å². The fourth-order valence-electron chi connectivity index (χ4n) is 5.77. The number of carbonyl (C=O) groups excluding carboxylic acids is 1. The average molecular weight is 388 g/mol. The van der Waals surface area contributed by atoms with Gasteiger partial charge in [0.1, 0.15) is 11.6 Å². The number of aromatic nitrogens is 1. The van der Waals surface area contributed by atoms with Crippen molar-refractivity contribution in [3.8, 4) is 10.6 Å². The molecule has 0 spiro atoms. The zero-order chi connectivity index (χ0) is 17.8. The van der Waals surface area contributed by atoms with Crippen LogP contribution in [0.2, 0.25) is 0 Å².